The van der Waals surface area contributed by atoms with Crippen LogP contribution in [0.5, 0.6) is 11.5 Å². The molecule has 2 aromatic carbocycles. The normalized spacial score (nSPS) is 14.5. The summed E-state index contributed by atoms with van der Waals surface area (Å²) in [7, 11) is 3.37. The number of carbonyl (C=O) groups excluding carboxylic acids is 1. The van der Waals surface area contributed by atoms with E-state index in [9.17, 15) is 4.79 Å². The number of carbonyl (C=O) groups is 1. The number of nitrogens with one attached hydrogen (secondary N) is 1. The van der Waals surface area contributed by atoms with Gasteiger partial charge in [-0.05, 0) is 42.2 Å². The van der Waals surface area contributed by atoms with Crippen LogP contribution in [0, 0.1) is 0 Å². The van der Waals surface area contributed by atoms with Crippen molar-refractivity contribution in [2.75, 3.05) is 53.5 Å². The van der Waals surface area contributed by atoms with Gasteiger partial charge < -0.3 is 19.7 Å². The molecule has 0 aromatic heterocycles. The van der Waals surface area contributed by atoms with E-state index in [2.05, 4.69) is 22.3 Å². The van der Waals surface area contributed by atoms with Crippen molar-refractivity contribution in [3.63, 3.8) is 0 Å². The fourth-order valence-corrected chi connectivity index (χ4v) is 3.62. The molecule has 0 atom stereocenters. The number of hydrogen-bond acceptors (Lipinski definition) is 4. The van der Waals surface area contributed by atoms with E-state index in [1.807, 2.05) is 41.3 Å². The van der Waals surface area contributed by atoms with E-state index in [0.717, 1.165) is 62.6 Å². The summed E-state index contributed by atoms with van der Waals surface area (Å²) in [5, 5.41) is 3.04. The number of piperazine rings is 1. The molecule has 0 spiro atoms. The number of para-hydroxylation sites is 1. The molecule has 156 valence electrons. The Kier molecular flexibility index (Phi) is 7.76. The molecule has 0 unspecified atom stereocenters. The molecule has 0 aliphatic carbocycles. The van der Waals surface area contributed by atoms with Crippen molar-refractivity contribution < 1.29 is 14.3 Å². The van der Waals surface area contributed by atoms with E-state index in [1.54, 1.807) is 14.2 Å². The van der Waals surface area contributed by atoms with Crippen LogP contribution in [0.4, 0.5) is 4.79 Å². The van der Waals surface area contributed by atoms with Gasteiger partial charge in [0.1, 0.15) is 11.5 Å². The Morgan fingerprint density at radius 3 is 2.52 bits per heavy atom. The lowest BCUT2D eigenvalue weighted by Gasteiger charge is -2.34. The number of ether oxygens (including phenoxy) is 2. The molecule has 6 nitrogen and oxygen atoms in total. The fraction of sp³-hybridized carbons (Fsp3) is 0.435. The number of methoxy groups -OCH3 is 2. The largest absolute Gasteiger partial charge is 0.497 e. The number of amides is 2. The van der Waals surface area contributed by atoms with Crippen LogP contribution in [0.25, 0.3) is 0 Å². The van der Waals surface area contributed by atoms with Crippen molar-refractivity contribution in [3.8, 4) is 11.5 Å². The zero-order chi connectivity index (χ0) is 20.5. The average molecular weight is 398 g/mol. The first-order valence-electron chi connectivity index (χ1n) is 10.2. The topological polar surface area (TPSA) is 54.0 Å². The van der Waals surface area contributed by atoms with Crippen molar-refractivity contribution in [2.24, 2.45) is 0 Å². The summed E-state index contributed by atoms with van der Waals surface area (Å²) in [6.07, 6.45) is 1.75. The highest BCUT2D eigenvalue weighted by molar-refractivity contribution is 5.74. The summed E-state index contributed by atoms with van der Waals surface area (Å²) in [4.78, 5) is 16.8. The minimum absolute atomic E-state index is 0.0207. The van der Waals surface area contributed by atoms with E-state index in [0.29, 0.717) is 6.54 Å². The van der Waals surface area contributed by atoms with Crippen LogP contribution < -0.4 is 14.8 Å². The Balaban J connectivity index is 1.36. The third kappa shape index (κ3) is 6.12. The molecular formula is C23H31N3O3. The second kappa shape index (κ2) is 10.7. The zero-order valence-electron chi connectivity index (χ0n) is 17.4. The van der Waals surface area contributed by atoms with Crippen LogP contribution >= 0.6 is 0 Å². The van der Waals surface area contributed by atoms with Gasteiger partial charge >= 0.3 is 6.03 Å². The van der Waals surface area contributed by atoms with Gasteiger partial charge in [-0.2, -0.15) is 0 Å². The minimum Gasteiger partial charge on any atom is -0.497 e. The monoisotopic (exact) mass is 397 g/mol. The van der Waals surface area contributed by atoms with Crippen molar-refractivity contribution in [1.82, 2.24) is 15.1 Å². The molecule has 29 heavy (non-hydrogen) atoms. The highest BCUT2D eigenvalue weighted by Gasteiger charge is 2.20. The summed E-state index contributed by atoms with van der Waals surface area (Å²) in [6.45, 7) is 4.94. The molecule has 3 rings (SSSR count). The fourth-order valence-electron chi connectivity index (χ4n) is 3.62. The molecule has 1 aliphatic heterocycles. The van der Waals surface area contributed by atoms with Crippen LogP contribution in [0.15, 0.2) is 48.5 Å². The Morgan fingerprint density at radius 2 is 1.76 bits per heavy atom. The minimum atomic E-state index is 0.0207. The van der Waals surface area contributed by atoms with E-state index < -0.39 is 0 Å². The van der Waals surface area contributed by atoms with Crippen LogP contribution in [0.1, 0.15) is 11.1 Å². The third-order valence-corrected chi connectivity index (χ3v) is 5.37. The van der Waals surface area contributed by atoms with Crippen LogP contribution in [-0.2, 0) is 12.8 Å². The van der Waals surface area contributed by atoms with Crippen molar-refractivity contribution in [2.45, 2.75) is 12.8 Å². The molecule has 1 aliphatic rings. The number of rotatable bonds is 8. The number of urea groups is 1. The highest BCUT2D eigenvalue weighted by Crippen LogP contribution is 2.17. The summed E-state index contributed by atoms with van der Waals surface area (Å²) in [6, 6.07) is 16.2. The quantitative estimate of drug-likeness (QED) is 0.744. The molecule has 2 aromatic rings. The average Bonchev–Trinajstić information content (AvgIpc) is 2.78. The molecule has 1 saturated heterocycles. The second-order valence-corrected chi connectivity index (χ2v) is 7.22. The van der Waals surface area contributed by atoms with Crippen LogP contribution in [0.2, 0.25) is 0 Å². The maximum absolute atomic E-state index is 12.5. The molecular weight excluding hydrogens is 366 g/mol. The Bertz CT molecular complexity index is 788. The number of hydrogen-bond donors (Lipinski definition) is 1. The van der Waals surface area contributed by atoms with E-state index >= 15 is 0 Å². The maximum Gasteiger partial charge on any atom is 0.317 e. The van der Waals surface area contributed by atoms with Crippen molar-refractivity contribution >= 4 is 6.03 Å². The first kappa shape index (κ1) is 21.0. The molecule has 6 heteroatoms. The van der Waals surface area contributed by atoms with E-state index in [-0.39, 0.29) is 6.03 Å². The predicted octanol–water partition coefficient (Wildman–Crippen LogP) is 2.82. The van der Waals surface area contributed by atoms with Gasteiger partial charge in [0.15, 0.2) is 0 Å². The summed E-state index contributed by atoms with van der Waals surface area (Å²) >= 11 is 0. The van der Waals surface area contributed by atoms with Gasteiger partial charge in [0, 0.05) is 39.3 Å². The van der Waals surface area contributed by atoms with Crippen molar-refractivity contribution in [1.29, 1.82) is 0 Å². The highest BCUT2D eigenvalue weighted by atomic mass is 16.5. The van der Waals surface area contributed by atoms with Gasteiger partial charge in [-0.25, -0.2) is 4.79 Å². The van der Waals surface area contributed by atoms with Crippen molar-refractivity contribution in [3.05, 3.63) is 59.7 Å². The third-order valence-electron chi connectivity index (χ3n) is 5.37. The summed E-state index contributed by atoms with van der Waals surface area (Å²) in [5.41, 5.74) is 2.39. The number of nitrogens with zero attached hydrogens (tertiary/aromatic N) is 2. The standard InChI is InChI=1S/C23H31N3O3/c1-28-21-8-5-6-19(18-21)11-13-25-14-16-26(17-15-25)23(27)24-12-10-20-7-3-4-9-22(20)29-2/h3-9,18H,10-17H2,1-2H3,(H,24,27). The SMILES string of the molecule is COc1cccc(CCN2CCN(C(=O)NCCc3ccccc3OC)CC2)c1. The smallest absolute Gasteiger partial charge is 0.317 e. The van der Waals surface area contributed by atoms with Gasteiger partial charge in [-0.3, -0.25) is 4.90 Å². The van der Waals surface area contributed by atoms with Gasteiger partial charge in [-0.15, -0.1) is 0 Å². The lowest BCUT2D eigenvalue weighted by atomic mass is 10.1. The van der Waals surface area contributed by atoms with Gasteiger partial charge in [-0.1, -0.05) is 30.3 Å². The van der Waals surface area contributed by atoms with Gasteiger partial charge in [0.05, 0.1) is 14.2 Å². The Hall–Kier alpha value is -2.73. The lowest BCUT2D eigenvalue weighted by molar-refractivity contribution is 0.140. The molecule has 0 saturated carbocycles. The summed E-state index contributed by atoms with van der Waals surface area (Å²) < 4.78 is 10.7. The molecule has 1 heterocycles. The van der Waals surface area contributed by atoms with Gasteiger partial charge in [0.2, 0.25) is 0 Å². The molecule has 1 N–H and O–H groups in total. The first-order valence-corrected chi connectivity index (χ1v) is 10.2. The Morgan fingerprint density at radius 1 is 0.966 bits per heavy atom. The Labute approximate surface area is 173 Å². The number of benzene rings is 2. The van der Waals surface area contributed by atoms with E-state index in [1.165, 1.54) is 5.56 Å². The van der Waals surface area contributed by atoms with E-state index in [4.69, 9.17) is 9.47 Å². The molecule has 1 fully saturated rings. The van der Waals surface area contributed by atoms with Crippen LogP contribution in [0.3, 0.4) is 0 Å². The molecule has 0 radical (unpaired) electrons. The zero-order valence-corrected chi connectivity index (χ0v) is 17.4. The molecule has 0 bridgehead atoms. The maximum atomic E-state index is 12.5. The predicted molar refractivity (Wildman–Crippen MR) is 115 cm³/mol. The molecule has 2 amide bonds. The lowest BCUT2D eigenvalue weighted by Crippen LogP contribution is -2.52. The van der Waals surface area contributed by atoms with Crippen LogP contribution in [-0.4, -0.2) is 69.3 Å². The second-order valence-electron chi connectivity index (χ2n) is 7.22. The first-order chi connectivity index (χ1) is 14.2. The summed E-state index contributed by atoms with van der Waals surface area (Å²) in [5.74, 6) is 1.77. The van der Waals surface area contributed by atoms with Gasteiger partial charge in [0.25, 0.3) is 0 Å².